The summed E-state index contributed by atoms with van der Waals surface area (Å²) in [6.45, 7) is 5.29. The van der Waals surface area contributed by atoms with Crippen LogP contribution in [0.1, 0.15) is 20.8 Å². The van der Waals surface area contributed by atoms with Gasteiger partial charge in [0.05, 0.1) is 0 Å². The normalized spacial score (nSPS) is 23.6. The van der Waals surface area contributed by atoms with Crippen LogP contribution in [-0.2, 0) is 9.47 Å². The van der Waals surface area contributed by atoms with Gasteiger partial charge in [0.1, 0.15) is 5.60 Å². The molecule has 2 saturated heterocycles. The fourth-order valence-electron chi connectivity index (χ4n) is 3.11. The Labute approximate surface area is 151 Å². The number of hydrogen-bond acceptors (Lipinski definition) is 4. The molecule has 0 saturated carbocycles. The van der Waals surface area contributed by atoms with Crippen molar-refractivity contribution in [1.82, 2.24) is 9.80 Å². The number of likely N-dealkylation sites (tertiary alicyclic amines) is 2. The molecular formula is C15H20F6N2O4. The van der Waals surface area contributed by atoms with Crippen LogP contribution in [0.3, 0.4) is 0 Å². The Bertz CT molecular complexity index is 558. The van der Waals surface area contributed by atoms with Crippen LogP contribution in [0.2, 0.25) is 0 Å². The molecule has 0 spiro atoms. The van der Waals surface area contributed by atoms with Gasteiger partial charge >= 0.3 is 24.5 Å². The highest BCUT2D eigenvalue weighted by Gasteiger charge is 2.60. The van der Waals surface area contributed by atoms with Gasteiger partial charge < -0.3 is 19.3 Å². The summed E-state index contributed by atoms with van der Waals surface area (Å²) in [5, 5.41) is 0. The largest absolute Gasteiger partial charge is 0.444 e. The average Bonchev–Trinajstić information content (AvgIpc) is 2.98. The van der Waals surface area contributed by atoms with E-state index in [-0.39, 0.29) is 38.0 Å². The fourth-order valence-corrected chi connectivity index (χ4v) is 3.11. The monoisotopic (exact) mass is 406 g/mol. The number of hydrogen-bond donors (Lipinski definition) is 0. The van der Waals surface area contributed by atoms with E-state index < -0.39 is 36.2 Å². The minimum absolute atomic E-state index is 0.0920. The highest BCUT2D eigenvalue weighted by Crippen LogP contribution is 2.37. The van der Waals surface area contributed by atoms with Crippen molar-refractivity contribution >= 4 is 12.2 Å². The Morgan fingerprint density at radius 3 is 1.52 bits per heavy atom. The van der Waals surface area contributed by atoms with Crippen LogP contribution in [-0.4, -0.2) is 72.2 Å². The van der Waals surface area contributed by atoms with Crippen molar-refractivity contribution in [2.75, 3.05) is 26.2 Å². The maximum Gasteiger partial charge on any atom is 0.434 e. The molecule has 156 valence electrons. The quantitative estimate of drug-likeness (QED) is 0.627. The summed E-state index contributed by atoms with van der Waals surface area (Å²) < 4.78 is 83.9. The topological polar surface area (TPSA) is 59.1 Å². The van der Waals surface area contributed by atoms with Crippen molar-refractivity contribution in [2.24, 2.45) is 11.8 Å². The predicted molar refractivity (Wildman–Crippen MR) is 78.7 cm³/mol. The molecule has 27 heavy (non-hydrogen) atoms. The van der Waals surface area contributed by atoms with Crippen molar-refractivity contribution in [1.29, 1.82) is 0 Å². The second-order valence-electron chi connectivity index (χ2n) is 7.66. The Morgan fingerprint density at radius 2 is 1.19 bits per heavy atom. The Balaban J connectivity index is 1.93. The standard InChI is InChI=1S/C15H20F6N2O4/c1-13(2,3)27-12(25)23-6-8-4-22(5-9(8)7-23)11(24)26-10(14(16,17)18)15(19,20)21/h8-10H,4-7H2,1-3H3. The number of nitrogens with zero attached hydrogens (tertiary/aromatic N) is 2. The first-order valence-corrected chi connectivity index (χ1v) is 8.15. The molecule has 0 radical (unpaired) electrons. The van der Waals surface area contributed by atoms with Crippen molar-refractivity contribution in [3.05, 3.63) is 0 Å². The van der Waals surface area contributed by atoms with Crippen LogP contribution in [0.15, 0.2) is 0 Å². The van der Waals surface area contributed by atoms with E-state index in [1.165, 1.54) is 4.90 Å². The van der Waals surface area contributed by atoms with Crippen LogP contribution in [0.4, 0.5) is 35.9 Å². The molecule has 2 aliphatic heterocycles. The van der Waals surface area contributed by atoms with Gasteiger partial charge in [-0.2, -0.15) is 26.3 Å². The Kier molecular flexibility index (Phi) is 5.50. The van der Waals surface area contributed by atoms with Gasteiger partial charge in [0.25, 0.3) is 6.10 Å². The van der Waals surface area contributed by atoms with Crippen molar-refractivity contribution < 1.29 is 45.4 Å². The lowest BCUT2D eigenvalue weighted by atomic mass is 10.0. The average molecular weight is 406 g/mol. The van der Waals surface area contributed by atoms with Gasteiger partial charge in [-0.05, 0) is 20.8 Å². The maximum absolute atomic E-state index is 12.5. The molecular weight excluding hydrogens is 386 g/mol. The first-order valence-electron chi connectivity index (χ1n) is 8.15. The fraction of sp³-hybridized carbons (Fsp3) is 0.867. The van der Waals surface area contributed by atoms with Crippen LogP contribution >= 0.6 is 0 Å². The third kappa shape index (κ3) is 5.32. The van der Waals surface area contributed by atoms with Crippen molar-refractivity contribution in [3.63, 3.8) is 0 Å². The van der Waals surface area contributed by atoms with E-state index in [0.717, 1.165) is 4.90 Å². The van der Waals surface area contributed by atoms with Gasteiger partial charge in [0.2, 0.25) is 0 Å². The Hall–Kier alpha value is -1.88. The molecule has 0 N–H and O–H groups in total. The molecule has 0 aliphatic carbocycles. The summed E-state index contributed by atoms with van der Waals surface area (Å²) in [6, 6.07) is 0. The predicted octanol–water partition coefficient (Wildman–Crippen LogP) is 3.41. The first kappa shape index (κ1) is 21.4. The van der Waals surface area contributed by atoms with Gasteiger partial charge in [-0.25, -0.2) is 9.59 Å². The zero-order valence-electron chi connectivity index (χ0n) is 14.9. The lowest BCUT2D eigenvalue weighted by molar-refractivity contribution is -0.308. The zero-order valence-corrected chi connectivity index (χ0v) is 14.9. The summed E-state index contributed by atoms with van der Waals surface area (Å²) >= 11 is 0. The zero-order chi connectivity index (χ0) is 20.8. The molecule has 2 amide bonds. The number of carbonyl (C=O) groups is 2. The maximum atomic E-state index is 12.5. The van der Waals surface area contributed by atoms with Gasteiger partial charge in [-0.1, -0.05) is 0 Å². The third-order valence-corrected chi connectivity index (χ3v) is 4.21. The summed E-state index contributed by atoms with van der Waals surface area (Å²) in [4.78, 5) is 26.0. The van der Waals surface area contributed by atoms with Gasteiger partial charge in [-0.15, -0.1) is 0 Å². The van der Waals surface area contributed by atoms with Crippen LogP contribution in [0.25, 0.3) is 0 Å². The number of alkyl halides is 6. The van der Waals surface area contributed by atoms with E-state index in [1.54, 1.807) is 20.8 Å². The van der Waals surface area contributed by atoms with E-state index in [4.69, 9.17) is 4.74 Å². The third-order valence-electron chi connectivity index (χ3n) is 4.21. The van der Waals surface area contributed by atoms with Crippen molar-refractivity contribution in [3.8, 4) is 0 Å². The minimum Gasteiger partial charge on any atom is -0.444 e. The summed E-state index contributed by atoms with van der Waals surface area (Å²) in [5.41, 5.74) is -0.700. The molecule has 0 aromatic heterocycles. The molecule has 2 aliphatic rings. The lowest BCUT2D eigenvalue weighted by Gasteiger charge is -2.27. The second-order valence-corrected chi connectivity index (χ2v) is 7.66. The van der Waals surface area contributed by atoms with E-state index >= 15 is 0 Å². The summed E-state index contributed by atoms with van der Waals surface area (Å²) in [5.74, 6) is -0.527. The van der Waals surface area contributed by atoms with Gasteiger partial charge in [-0.3, -0.25) is 0 Å². The molecule has 2 rings (SSSR count). The van der Waals surface area contributed by atoms with Gasteiger partial charge in [0.15, 0.2) is 0 Å². The first-order chi connectivity index (χ1) is 12.1. The number of halogens is 6. The molecule has 0 bridgehead atoms. The molecule has 2 heterocycles. The number of fused-ring (bicyclic) bond motifs is 1. The highest BCUT2D eigenvalue weighted by molar-refractivity contribution is 5.70. The highest BCUT2D eigenvalue weighted by atomic mass is 19.4. The number of amides is 2. The van der Waals surface area contributed by atoms with E-state index in [9.17, 15) is 35.9 Å². The molecule has 0 aromatic rings. The number of carbonyl (C=O) groups excluding carboxylic acids is 2. The molecule has 0 aromatic carbocycles. The number of ether oxygens (including phenoxy) is 2. The summed E-state index contributed by atoms with van der Waals surface area (Å²) in [7, 11) is 0. The Morgan fingerprint density at radius 1 is 0.815 bits per heavy atom. The number of rotatable bonds is 1. The van der Waals surface area contributed by atoms with Crippen LogP contribution in [0, 0.1) is 11.8 Å². The molecule has 2 unspecified atom stereocenters. The SMILES string of the molecule is CC(C)(C)OC(=O)N1CC2CN(C(=O)OC(C(F)(F)F)C(F)(F)F)CC2C1. The second kappa shape index (κ2) is 6.93. The minimum atomic E-state index is -5.75. The van der Waals surface area contributed by atoms with Crippen molar-refractivity contribution in [2.45, 2.75) is 44.8 Å². The van der Waals surface area contributed by atoms with E-state index in [0.29, 0.717) is 0 Å². The smallest absolute Gasteiger partial charge is 0.434 e. The molecule has 2 fully saturated rings. The van der Waals surface area contributed by atoms with Crippen LogP contribution < -0.4 is 0 Å². The van der Waals surface area contributed by atoms with Gasteiger partial charge in [0, 0.05) is 38.0 Å². The van der Waals surface area contributed by atoms with E-state index in [1.807, 2.05) is 0 Å². The van der Waals surface area contributed by atoms with Crippen LogP contribution in [0.5, 0.6) is 0 Å². The lowest BCUT2D eigenvalue weighted by Crippen LogP contribution is -2.48. The molecule has 2 atom stereocenters. The van der Waals surface area contributed by atoms with E-state index in [2.05, 4.69) is 4.74 Å². The molecule has 12 heteroatoms. The summed E-state index contributed by atoms with van der Waals surface area (Å²) in [6.07, 6.45) is -17.9. The molecule has 6 nitrogen and oxygen atoms in total.